The molecule has 0 aliphatic carbocycles. The largest absolute Gasteiger partial charge is 0.480 e. The van der Waals surface area contributed by atoms with Gasteiger partial charge < -0.3 is 15.4 Å². The van der Waals surface area contributed by atoms with Crippen molar-refractivity contribution in [1.82, 2.24) is 15.3 Å². The van der Waals surface area contributed by atoms with Crippen LogP contribution in [-0.4, -0.2) is 33.0 Å². The summed E-state index contributed by atoms with van der Waals surface area (Å²) < 4.78 is 0. The van der Waals surface area contributed by atoms with Crippen molar-refractivity contribution in [1.29, 1.82) is 0 Å². The lowest BCUT2D eigenvalue weighted by molar-refractivity contribution is -0.139. The van der Waals surface area contributed by atoms with Crippen molar-refractivity contribution >= 4 is 35.3 Å². The maximum atomic E-state index is 12.3. The Labute approximate surface area is 150 Å². The van der Waals surface area contributed by atoms with Gasteiger partial charge in [-0.2, -0.15) is 0 Å². The molecular weight excluding hydrogens is 342 g/mol. The van der Waals surface area contributed by atoms with Gasteiger partial charge in [0.15, 0.2) is 0 Å². The van der Waals surface area contributed by atoms with Crippen LogP contribution in [0.25, 0.3) is 11.0 Å². The third kappa shape index (κ3) is 4.58. The zero-order valence-electron chi connectivity index (χ0n) is 13.3. The monoisotopic (exact) mass is 359 g/mol. The smallest absolute Gasteiger partial charge is 0.326 e. The molecule has 130 valence electrons. The number of imidazole rings is 1. The number of benzene rings is 2. The third-order valence-electron chi connectivity index (χ3n) is 3.85. The van der Waals surface area contributed by atoms with Crippen LogP contribution < -0.4 is 5.32 Å². The minimum atomic E-state index is -1.04. The Morgan fingerprint density at radius 1 is 1.16 bits per heavy atom. The van der Waals surface area contributed by atoms with Gasteiger partial charge >= 0.3 is 5.97 Å². The highest BCUT2D eigenvalue weighted by molar-refractivity contribution is 5.99. The lowest BCUT2D eigenvalue weighted by Gasteiger charge is -2.14. The maximum absolute atomic E-state index is 12.3. The topological polar surface area (TPSA) is 95.1 Å². The van der Waals surface area contributed by atoms with Crippen molar-refractivity contribution in [3.63, 3.8) is 0 Å². The Hall–Kier alpha value is -2.86. The Morgan fingerprint density at radius 2 is 1.92 bits per heavy atom. The molecule has 0 fully saturated rings. The Balaban J connectivity index is 0.00000225. The van der Waals surface area contributed by atoms with Crippen LogP contribution in [0.3, 0.4) is 0 Å². The molecule has 0 aliphatic heterocycles. The number of nitrogens with one attached hydrogen (secondary N) is 2. The molecule has 3 aromatic rings. The van der Waals surface area contributed by atoms with Gasteiger partial charge in [-0.3, -0.25) is 4.79 Å². The van der Waals surface area contributed by atoms with E-state index in [4.69, 9.17) is 0 Å². The lowest BCUT2D eigenvalue weighted by Crippen LogP contribution is -2.41. The number of rotatable bonds is 6. The lowest BCUT2D eigenvalue weighted by atomic mass is 10.0. The van der Waals surface area contributed by atoms with E-state index < -0.39 is 17.9 Å². The molecule has 0 unspecified atom stereocenters. The minimum Gasteiger partial charge on any atom is -0.480 e. The van der Waals surface area contributed by atoms with Crippen molar-refractivity contribution in [3.05, 3.63) is 66.0 Å². The molecule has 1 atom stereocenters. The fourth-order valence-corrected chi connectivity index (χ4v) is 2.53. The molecule has 0 aliphatic rings. The van der Waals surface area contributed by atoms with Gasteiger partial charge in [0.1, 0.15) is 6.04 Å². The first-order valence-corrected chi connectivity index (χ1v) is 7.64. The Kier molecular flexibility index (Phi) is 6.14. The van der Waals surface area contributed by atoms with Crippen LogP contribution in [0.5, 0.6) is 0 Å². The third-order valence-corrected chi connectivity index (χ3v) is 3.85. The molecule has 3 rings (SSSR count). The molecular formula is C18H18ClN3O3. The summed E-state index contributed by atoms with van der Waals surface area (Å²) >= 11 is 0. The number of aromatic nitrogens is 2. The molecule has 25 heavy (non-hydrogen) atoms. The van der Waals surface area contributed by atoms with Gasteiger partial charge in [-0.1, -0.05) is 30.3 Å². The van der Waals surface area contributed by atoms with Crippen LogP contribution in [0.15, 0.2) is 54.9 Å². The molecule has 0 saturated carbocycles. The average Bonchev–Trinajstić information content (AvgIpc) is 3.06. The molecule has 2 aromatic carbocycles. The van der Waals surface area contributed by atoms with Crippen LogP contribution in [0.2, 0.25) is 0 Å². The fraction of sp³-hybridized carbons (Fsp3) is 0.167. The van der Waals surface area contributed by atoms with Gasteiger partial charge in [-0.15, -0.1) is 12.4 Å². The molecule has 0 spiro atoms. The first-order valence-electron chi connectivity index (χ1n) is 7.64. The summed E-state index contributed by atoms with van der Waals surface area (Å²) in [5.74, 6) is -1.46. The SMILES string of the molecule is Cl.O=C(N[C@@H](CCc1ccccc1)C(=O)O)c1ccc2[nH]cnc2c1. The van der Waals surface area contributed by atoms with Gasteiger partial charge in [-0.25, -0.2) is 9.78 Å². The maximum Gasteiger partial charge on any atom is 0.326 e. The highest BCUT2D eigenvalue weighted by Crippen LogP contribution is 2.12. The second-order valence-electron chi connectivity index (χ2n) is 5.52. The zero-order chi connectivity index (χ0) is 16.9. The van der Waals surface area contributed by atoms with E-state index in [9.17, 15) is 14.7 Å². The molecule has 6 nitrogen and oxygen atoms in total. The summed E-state index contributed by atoms with van der Waals surface area (Å²) in [6, 6.07) is 13.7. The highest BCUT2D eigenvalue weighted by Gasteiger charge is 2.20. The number of carboxylic acids is 1. The highest BCUT2D eigenvalue weighted by atomic mass is 35.5. The van der Waals surface area contributed by atoms with Gasteiger partial charge in [-0.05, 0) is 36.6 Å². The van der Waals surface area contributed by atoms with Gasteiger partial charge in [0, 0.05) is 5.56 Å². The summed E-state index contributed by atoms with van der Waals surface area (Å²) in [6.45, 7) is 0. The van der Waals surface area contributed by atoms with Crippen LogP contribution in [-0.2, 0) is 11.2 Å². The number of halogens is 1. The van der Waals surface area contributed by atoms with Crippen LogP contribution in [0, 0.1) is 0 Å². The standard InChI is InChI=1S/C18H17N3O3.ClH/c22-17(13-7-9-14-16(10-13)20-11-19-14)21-15(18(23)24)8-6-12-4-2-1-3-5-12;/h1-5,7,9-11,15H,6,8H2,(H,19,20)(H,21,22)(H,23,24);1H/t15-;/m0./s1. The molecule has 1 amide bonds. The van der Waals surface area contributed by atoms with Crippen molar-refractivity contribution in [3.8, 4) is 0 Å². The number of carbonyl (C=O) groups is 2. The number of H-pyrrole nitrogens is 1. The number of nitrogens with zero attached hydrogens (tertiary/aromatic N) is 1. The zero-order valence-corrected chi connectivity index (χ0v) is 14.1. The second kappa shape index (κ2) is 8.30. The van der Waals surface area contributed by atoms with E-state index in [0.717, 1.165) is 11.1 Å². The molecule has 0 bridgehead atoms. The number of aliphatic carboxylic acids is 1. The average molecular weight is 360 g/mol. The summed E-state index contributed by atoms with van der Waals surface area (Å²) in [6.07, 6.45) is 2.46. The normalized spacial score (nSPS) is 11.5. The number of hydrogen-bond acceptors (Lipinski definition) is 3. The summed E-state index contributed by atoms with van der Waals surface area (Å²) in [7, 11) is 0. The van der Waals surface area contributed by atoms with Gasteiger partial charge in [0.25, 0.3) is 5.91 Å². The predicted octanol–water partition coefficient (Wildman–Crippen LogP) is 2.80. The van der Waals surface area contributed by atoms with E-state index in [1.54, 1.807) is 24.5 Å². The molecule has 0 radical (unpaired) electrons. The molecule has 7 heteroatoms. The van der Waals surface area contributed by atoms with E-state index in [1.807, 2.05) is 30.3 Å². The first kappa shape index (κ1) is 18.5. The first-order chi connectivity index (χ1) is 11.6. The Morgan fingerprint density at radius 3 is 2.64 bits per heavy atom. The Bertz CT molecular complexity index is 864. The van der Waals surface area contributed by atoms with Gasteiger partial charge in [0.05, 0.1) is 17.4 Å². The van der Waals surface area contributed by atoms with Crippen LogP contribution in [0.1, 0.15) is 22.3 Å². The number of amides is 1. The van der Waals surface area contributed by atoms with E-state index in [0.29, 0.717) is 23.9 Å². The molecule has 3 N–H and O–H groups in total. The summed E-state index contributed by atoms with van der Waals surface area (Å²) in [5, 5.41) is 11.9. The number of carbonyl (C=O) groups excluding carboxylic acids is 1. The summed E-state index contributed by atoms with van der Waals surface area (Å²) in [5.41, 5.74) is 2.92. The minimum absolute atomic E-state index is 0. The van der Waals surface area contributed by atoms with Crippen molar-refractivity contribution < 1.29 is 14.7 Å². The van der Waals surface area contributed by atoms with Gasteiger partial charge in [0.2, 0.25) is 0 Å². The molecule has 1 heterocycles. The number of hydrogen-bond donors (Lipinski definition) is 3. The fourth-order valence-electron chi connectivity index (χ4n) is 2.53. The number of aryl methyl sites for hydroxylation is 1. The van der Waals surface area contributed by atoms with Crippen molar-refractivity contribution in [2.45, 2.75) is 18.9 Å². The number of carboxylic acid groups (broad SMARTS) is 1. The van der Waals surface area contributed by atoms with E-state index >= 15 is 0 Å². The number of aromatic amines is 1. The van der Waals surface area contributed by atoms with Crippen molar-refractivity contribution in [2.75, 3.05) is 0 Å². The predicted molar refractivity (Wildman–Crippen MR) is 97.0 cm³/mol. The van der Waals surface area contributed by atoms with Crippen LogP contribution >= 0.6 is 12.4 Å². The van der Waals surface area contributed by atoms with E-state index in [1.165, 1.54) is 0 Å². The van der Waals surface area contributed by atoms with E-state index in [-0.39, 0.29) is 12.4 Å². The molecule has 1 aromatic heterocycles. The quantitative estimate of drug-likeness (QED) is 0.630. The summed E-state index contributed by atoms with van der Waals surface area (Å²) in [4.78, 5) is 30.8. The van der Waals surface area contributed by atoms with Crippen LogP contribution in [0.4, 0.5) is 0 Å². The van der Waals surface area contributed by atoms with E-state index in [2.05, 4.69) is 15.3 Å². The van der Waals surface area contributed by atoms with Crippen molar-refractivity contribution in [2.24, 2.45) is 0 Å². The number of fused-ring (bicyclic) bond motifs is 1. The molecule has 0 saturated heterocycles. The second-order valence-corrected chi connectivity index (χ2v) is 5.52.